The number of ether oxygens (including phenoxy) is 1. The molecule has 0 aromatic heterocycles. The Hall–Kier alpha value is -1.02. The average molecular weight is 236 g/mol. The van der Waals surface area contributed by atoms with Crippen molar-refractivity contribution in [2.45, 2.75) is 46.1 Å². The van der Waals surface area contributed by atoms with Crippen LogP contribution in [0.4, 0.5) is 0 Å². The van der Waals surface area contributed by atoms with E-state index in [0.717, 1.165) is 30.6 Å². The Kier molecular flexibility index (Phi) is 5.49. The molecule has 0 saturated carbocycles. The van der Waals surface area contributed by atoms with Gasteiger partial charge in [0.25, 0.3) is 0 Å². The Morgan fingerprint density at radius 1 is 1.18 bits per heavy atom. The van der Waals surface area contributed by atoms with E-state index in [-0.39, 0.29) is 6.10 Å². The van der Waals surface area contributed by atoms with Crippen LogP contribution in [0.5, 0.6) is 5.75 Å². The largest absolute Gasteiger partial charge is 0.497 e. The highest BCUT2D eigenvalue weighted by atomic mass is 16.5. The van der Waals surface area contributed by atoms with Gasteiger partial charge in [0.2, 0.25) is 0 Å². The molecule has 0 bridgehead atoms. The summed E-state index contributed by atoms with van der Waals surface area (Å²) >= 11 is 0. The first-order valence-electron chi connectivity index (χ1n) is 6.42. The summed E-state index contributed by atoms with van der Waals surface area (Å²) in [5.41, 5.74) is 2.18. The number of hydrogen-bond acceptors (Lipinski definition) is 2. The van der Waals surface area contributed by atoms with Gasteiger partial charge in [0, 0.05) is 0 Å². The Labute approximate surface area is 105 Å². The molecule has 0 aliphatic heterocycles. The van der Waals surface area contributed by atoms with Crippen LogP contribution < -0.4 is 4.74 Å². The van der Waals surface area contributed by atoms with Gasteiger partial charge < -0.3 is 9.84 Å². The zero-order valence-electron chi connectivity index (χ0n) is 11.4. The van der Waals surface area contributed by atoms with E-state index in [0.29, 0.717) is 5.92 Å². The van der Waals surface area contributed by atoms with Gasteiger partial charge in [-0.15, -0.1) is 0 Å². The molecule has 17 heavy (non-hydrogen) atoms. The molecule has 2 heteroatoms. The van der Waals surface area contributed by atoms with Crippen LogP contribution >= 0.6 is 0 Å². The summed E-state index contributed by atoms with van der Waals surface area (Å²) in [4.78, 5) is 0. The van der Waals surface area contributed by atoms with Gasteiger partial charge in [-0.1, -0.05) is 26.8 Å². The molecular formula is C15H24O2. The highest BCUT2D eigenvalue weighted by Gasteiger charge is 2.10. The number of methoxy groups -OCH3 is 1. The van der Waals surface area contributed by atoms with Gasteiger partial charge in [-0.3, -0.25) is 0 Å². The average Bonchev–Trinajstić information content (AvgIpc) is 2.34. The van der Waals surface area contributed by atoms with Gasteiger partial charge in [0.15, 0.2) is 0 Å². The van der Waals surface area contributed by atoms with Crippen molar-refractivity contribution < 1.29 is 9.84 Å². The monoisotopic (exact) mass is 236 g/mol. The Morgan fingerprint density at radius 2 is 1.88 bits per heavy atom. The van der Waals surface area contributed by atoms with Crippen molar-refractivity contribution in [2.75, 3.05) is 7.11 Å². The van der Waals surface area contributed by atoms with Crippen LogP contribution in [-0.2, 0) is 6.42 Å². The van der Waals surface area contributed by atoms with Crippen molar-refractivity contribution in [1.82, 2.24) is 0 Å². The molecule has 0 spiro atoms. The SMILES string of the molecule is CCc1cc(OC)cc(C(O)CCC(C)C)c1. The molecule has 1 aromatic rings. The third kappa shape index (κ3) is 4.39. The predicted molar refractivity (Wildman–Crippen MR) is 71.4 cm³/mol. The Bertz CT molecular complexity index is 323. The lowest BCUT2D eigenvalue weighted by Gasteiger charge is -2.15. The molecule has 0 fully saturated rings. The lowest BCUT2D eigenvalue weighted by molar-refractivity contribution is 0.158. The fourth-order valence-electron chi connectivity index (χ4n) is 1.86. The molecule has 0 aliphatic rings. The number of aryl methyl sites for hydroxylation is 1. The molecule has 0 heterocycles. The van der Waals surface area contributed by atoms with Crippen molar-refractivity contribution in [3.8, 4) is 5.75 Å². The zero-order chi connectivity index (χ0) is 12.8. The van der Waals surface area contributed by atoms with Gasteiger partial charge in [0.05, 0.1) is 13.2 Å². The second kappa shape index (κ2) is 6.65. The van der Waals surface area contributed by atoms with Crippen LogP contribution in [0, 0.1) is 5.92 Å². The van der Waals surface area contributed by atoms with Gasteiger partial charge in [-0.05, 0) is 48.4 Å². The standard InChI is InChI=1S/C15H24O2/c1-5-12-8-13(10-14(9-12)17-4)15(16)7-6-11(2)3/h8-11,15-16H,5-7H2,1-4H3. The lowest BCUT2D eigenvalue weighted by Crippen LogP contribution is -2.01. The number of benzene rings is 1. The van der Waals surface area contributed by atoms with Crippen LogP contribution in [-0.4, -0.2) is 12.2 Å². The summed E-state index contributed by atoms with van der Waals surface area (Å²) < 4.78 is 5.26. The zero-order valence-corrected chi connectivity index (χ0v) is 11.4. The van der Waals surface area contributed by atoms with Crippen molar-refractivity contribution in [3.05, 3.63) is 29.3 Å². The van der Waals surface area contributed by atoms with Crippen molar-refractivity contribution in [2.24, 2.45) is 5.92 Å². The van der Waals surface area contributed by atoms with E-state index < -0.39 is 0 Å². The summed E-state index contributed by atoms with van der Waals surface area (Å²) in [7, 11) is 1.67. The van der Waals surface area contributed by atoms with Crippen molar-refractivity contribution in [3.63, 3.8) is 0 Å². The van der Waals surface area contributed by atoms with E-state index >= 15 is 0 Å². The maximum Gasteiger partial charge on any atom is 0.119 e. The minimum absolute atomic E-state index is 0.377. The predicted octanol–water partition coefficient (Wildman–Crippen LogP) is 3.73. The molecular weight excluding hydrogens is 212 g/mol. The summed E-state index contributed by atoms with van der Waals surface area (Å²) in [6.45, 7) is 6.46. The van der Waals surface area contributed by atoms with E-state index in [4.69, 9.17) is 4.74 Å². The molecule has 2 nitrogen and oxygen atoms in total. The van der Waals surface area contributed by atoms with Crippen LogP contribution in [0.15, 0.2) is 18.2 Å². The first-order chi connectivity index (χ1) is 8.06. The van der Waals surface area contributed by atoms with Gasteiger partial charge in [-0.2, -0.15) is 0 Å². The van der Waals surface area contributed by atoms with E-state index in [1.54, 1.807) is 7.11 Å². The maximum absolute atomic E-state index is 10.2. The molecule has 0 amide bonds. The molecule has 1 unspecified atom stereocenters. The molecule has 0 saturated heterocycles. The van der Waals surface area contributed by atoms with E-state index in [9.17, 15) is 5.11 Å². The minimum atomic E-state index is -0.377. The van der Waals surface area contributed by atoms with Crippen molar-refractivity contribution in [1.29, 1.82) is 0 Å². The summed E-state index contributed by atoms with van der Waals surface area (Å²) in [6.07, 6.45) is 2.44. The minimum Gasteiger partial charge on any atom is -0.497 e. The quantitative estimate of drug-likeness (QED) is 0.815. The molecule has 1 rings (SSSR count). The number of hydrogen-bond donors (Lipinski definition) is 1. The Morgan fingerprint density at radius 3 is 2.41 bits per heavy atom. The first-order valence-corrected chi connectivity index (χ1v) is 6.42. The smallest absolute Gasteiger partial charge is 0.119 e. The normalized spacial score (nSPS) is 12.8. The molecule has 1 N–H and O–H groups in total. The second-order valence-electron chi connectivity index (χ2n) is 4.95. The number of rotatable bonds is 6. The molecule has 1 aromatic carbocycles. The van der Waals surface area contributed by atoms with Crippen LogP contribution in [0.3, 0.4) is 0 Å². The molecule has 1 atom stereocenters. The Balaban J connectivity index is 2.80. The van der Waals surface area contributed by atoms with Gasteiger partial charge >= 0.3 is 0 Å². The van der Waals surface area contributed by atoms with Gasteiger partial charge in [-0.25, -0.2) is 0 Å². The summed E-state index contributed by atoms with van der Waals surface area (Å²) in [5, 5.41) is 10.2. The first kappa shape index (κ1) is 14.0. The summed E-state index contributed by atoms with van der Waals surface area (Å²) in [5.74, 6) is 1.46. The third-order valence-electron chi connectivity index (χ3n) is 3.03. The number of aliphatic hydroxyl groups excluding tert-OH is 1. The fourth-order valence-corrected chi connectivity index (χ4v) is 1.86. The highest BCUT2D eigenvalue weighted by molar-refractivity contribution is 5.35. The molecule has 0 aliphatic carbocycles. The lowest BCUT2D eigenvalue weighted by atomic mass is 9.98. The topological polar surface area (TPSA) is 29.5 Å². The van der Waals surface area contributed by atoms with Crippen molar-refractivity contribution >= 4 is 0 Å². The van der Waals surface area contributed by atoms with Crippen LogP contribution in [0.25, 0.3) is 0 Å². The molecule has 0 radical (unpaired) electrons. The third-order valence-corrected chi connectivity index (χ3v) is 3.03. The fraction of sp³-hybridized carbons (Fsp3) is 0.600. The molecule has 96 valence electrons. The maximum atomic E-state index is 10.2. The van der Waals surface area contributed by atoms with E-state index in [1.165, 1.54) is 5.56 Å². The second-order valence-corrected chi connectivity index (χ2v) is 4.95. The summed E-state index contributed by atoms with van der Waals surface area (Å²) in [6, 6.07) is 6.04. The van der Waals surface area contributed by atoms with E-state index in [2.05, 4.69) is 26.8 Å². The highest BCUT2D eigenvalue weighted by Crippen LogP contribution is 2.26. The van der Waals surface area contributed by atoms with Crippen LogP contribution in [0.1, 0.15) is 50.8 Å². The van der Waals surface area contributed by atoms with Crippen LogP contribution in [0.2, 0.25) is 0 Å². The number of aliphatic hydroxyl groups is 1. The van der Waals surface area contributed by atoms with Gasteiger partial charge in [0.1, 0.15) is 5.75 Å². The van der Waals surface area contributed by atoms with E-state index in [1.807, 2.05) is 12.1 Å².